The Morgan fingerprint density at radius 3 is 2.56 bits per heavy atom. The zero-order valence-electron chi connectivity index (χ0n) is 16.2. The third-order valence-electron chi connectivity index (χ3n) is 5.78. The van der Waals surface area contributed by atoms with Gasteiger partial charge in [0.25, 0.3) is 0 Å². The van der Waals surface area contributed by atoms with E-state index in [1.54, 1.807) is 0 Å². The van der Waals surface area contributed by atoms with E-state index in [1.165, 1.54) is 23.4 Å². The van der Waals surface area contributed by atoms with Gasteiger partial charge in [0.05, 0.1) is 11.5 Å². The SMILES string of the molecule is CCNC(=NCC1(c2ccccc2)CC1)NC1CCN(c2cccs2)CC1. The smallest absolute Gasteiger partial charge is 0.191 e. The first-order valence-corrected chi connectivity index (χ1v) is 11.1. The van der Waals surface area contributed by atoms with Crippen molar-refractivity contribution in [3.8, 4) is 0 Å². The Kier molecular flexibility index (Phi) is 5.67. The molecule has 2 N–H and O–H groups in total. The number of benzene rings is 1. The molecule has 2 aromatic rings. The zero-order valence-corrected chi connectivity index (χ0v) is 17.0. The largest absolute Gasteiger partial charge is 0.363 e. The minimum absolute atomic E-state index is 0.270. The van der Waals surface area contributed by atoms with Crippen LogP contribution in [0.2, 0.25) is 0 Å². The summed E-state index contributed by atoms with van der Waals surface area (Å²) in [6, 6.07) is 15.8. The summed E-state index contributed by atoms with van der Waals surface area (Å²) in [5, 5.41) is 10.7. The molecule has 1 aromatic carbocycles. The molecule has 1 saturated carbocycles. The monoisotopic (exact) mass is 382 g/mol. The van der Waals surface area contributed by atoms with Gasteiger partial charge in [0, 0.05) is 31.1 Å². The van der Waals surface area contributed by atoms with Crippen molar-refractivity contribution in [1.82, 2.24) is 10.6 Å². The minimum Gasteiger partial charge on any atom is -0.363 e. The highest BCUT2D eigenvalue weighted by atomic mass is 32.1. The van der Waals surface area contributed by atoms with Gasteiger partial charge in [-0.25, -0.2) is 0 Å². The molecule has 144 valence electrons. The molecule has 2 fully saturated rings. The van der Waals surface area contributed by atoms with E-state index in [0.29, 0.717) is 6.04 Å². The van der Waals surface area contributed by atoms with Crippen LogP contribution in [0.4, 0.5) is 5.00 Å². The third-order valence-corrected chi connectivity index (χ3v) is 6.71. The van der Waals surface area contributed by atoms with E-state index in [9.17, 15) is 0 Å². The third kappa shape index (κ3) is 4.46. The molecule has 5 heteroatoms. The molecule has 1 aliphatic heterocycles. The number of guanidine groups is 1. The Bertz CT molecular complexity index is 729. The van der Waals surface area contributed by atoms with Crippen LogP contribution in [0, 0.1) is 0 Å². The average Bonchev–Trinajstić information content (AvgIpc) is 3.31. The normalized spacial score (nSPS) is 19.7. The van der Waals surface area contributed by atoms with Crippen molar-refractivity contribution in [1.29, 1.82) is 0 Å². The van der Waals surface area contributed by atoms with Crippen LogP contribution in [0.1, 0.15) is 38.2 Å². The maximum absolute atomic E-state index is 4.97. The summed E-state index contributed by atoms with van der Waals surface area (Å²) in [5.74, 6) is 0.981. The standard InChI is InChI=1S/C22H30N4S/c1-2-23-21(24-17-22(12-13-22)18-7-4-3-5-8-18)25-19-10-14-26(15-11-19)20-9-6-16-27-20/h3-9,16,19H,2,10-15,17H2,1H3,(H2,23,24,25). The van der Waals surface area contributed by atoms with E-state index in [0.717, 1.165) is 45.0 Å². The summed E-state index contributed by atoms with van der Waals surface area (Å²) in [7, 11) is 0. The molecule has 0 amide bonds. The zero-order chi connectivity index (χ0) is 18.5. The molecule has 0 radical (unpaired) electrons. The summed E-state index contributed by atoms with van der Waals surface area (Å²) in [6.45, 7) is 6.15. The maximum Gasteiger partial charge on any atom is 0.191 e. The highest BCUT2D eigenvalue weighted by Gasteiger charge is 2.44. The van der Waals surface area contributed by atoms with Crippen molar-refractivity contribution >= 4 is 22.3 Å². The molecule has 4 rings (SSSR count). The molecular formula is C22H30N4S. The minimum atomic E-state index is 0.270. The summed E-state index contributed by atoms with van der Waals surface area (Å²) in [5.41, 5.74) is 1.71. The van der Waals surface area contributed by atoms with E-state index in [1.807, 2.05) is 11.3 Å². The number of anilines is 1. The van der Waals surface area contributed by atoms with Gasteiger partial charge in [0.15, 0.2) is 5.96 Å². The second-order valence-corrected chi connectivity index (χ2v) is 8.62. The molecule has 1 aliphatic carbocycles. The number of rotatable bonds is 6. The van der Waals surface area contributed by atoms with Gasteiger partial charge in [-0.2, -0.15) is 0 Å². The van der Waals surface area contributed by atoms with E-state index in [2.05, 4.69) is 70.3 Å². The van der Waals surface area contributed by atoms with Gasteiger partial charge in [0.1, 0.15) is 0 Å². The van der Waals surface area contributed by atoms with E-state index in [4.69, 9.17) is 4.99 Å². The van der Waals surface area contributed by atoms with Crippen molar-refractivity contribution in [2.75, 3.05) is 31.1 Å². The lowest BCUT2D eigenvalue weighted by atomic mass is 9.96. The van der Waals surface area contributed by atoms with Crippen molar-refractivity contribution < 1.29 is 0 Å². The number of hydrogen-bond acceptors (Lipinski definition) is 3. The van der Waals surface area contributed by atoms with Crippen LogP contribution in [-0.4, -0.2) is 38.2 Å². The predicted octanol–water partition coefficient (Wildman–Crippen LogP) is 4.00. The molecule has 1 aromatic heterocycles. The Morgan fingerprint density at radius 1 is 1.15 bits per heavy atom. The van der Waals surface area contributed by atoms with E-state index in [-0.39, 0.29) is 5.41 Å². The van der Waals surface area contributed by atoms with Crippen LogP contribution in [0.25, 0.3) is 0 Å². The molecule has 0 unspecified atom stereocenters. The summed E-state index contributed by atoms with van der Waals surface area (Å²) < 4.78 is 0. The first-order valence-electron chi connectivity index (χ1n) is 10.2. The fourth-order valence-electron chi connectivity index (χ4n) is 3.92. The lowest BCUT2D eigenvalue weighted by Crippen LogP contribution is -2.48. The maximum atomic E-state index is 4.97. The van der Waals surface area contributed by atoms with Crippen molar-refractivity contribution in [3.63, 3.8) is 0 Å². The molecular weight excluding hydrogens is 352 g/mol. The number of hydrogen-bond donors (Lipinski definition) is 2. The van der Waals surface area contributed by atoms with Crippen LogP contribution in [0.5, 0.6) is 0 Å². The first kappa shape index (κ1) is 18.4. The van der Waals surface area contributed by atoms with Crippen LogP contribution in [0.3, 0.4) is 0 Å². The average molecular weight is 383 g/mol. The molecule has 2 aliphatic rings. The topological polar surface area (TPSA) is 39.7 Å². The first-order chi connectivity index (χ1) is 13.3. The van der Waals surface area contributed by atoms with Gasteiger partial charge in [-0.1, -0.05) is 30.3 Å². The highest BCUT2D eigenvalue weighted by Crippen LogP contribution is 2.48. The van der Waals surface area contributed by atoms with Gasteiger partial charge in [-0.05, 0) is 55.7 Å². The van der Waals surface area contributed by atoms with Gasteiger partial charge in [-0.3, -0.25) is 4.99 Å². The fourth-order valence-corrected chi connectivity index (χ4v) is 4.70. The summed E-state index contributed by atoms with van der Waals surface area (Å²) in [4.78, 5) is 7.47. The van der Waals surface area contributed by atoms with Gasteiger partial charge in [-0.15, -0.1) is 11.3 Å². The summed E-state index contributed by atoms with van der Waals surface area (Å²) in [6.07, 6.45) is 4.82. The Morgan fingerprint density at radius 2 is 1.93 bits per heavy atom. The lowest BCUT2D eigenvalue weighted by Gasteiger charge is -2.33. The summed E-state index contributed by atoms with van der Waals surface area (Å²) >= 11 is 1.84. The van der Waals surface area contributed by atoms with Crippen LogP contribution in [0.15, 0.2) is 52.8 Å². The number of nitrogens with one attached hydrogen (secondary N) is 2. The number of thiophene rings is 1. The van der Waals surface area contributed by atoms with Crippen molar-refractivity contribution in [2.24, 2.45) is 4.99 Å². The molecule has 2 heterocycles. The lowest BCUT2D eigenvalue weighted by molar-refractivity contribution is 0.462. The van der Waals surface area contributed by atoms with E-state index >= 15 is 0 Å². The van der Waals surface area contributed by atoms with Gasteiger partial charge >= 0.3 is 0 Å². The second-order valence-electron chi connectivity index (χ2n) is 7.70. The number of aliphatic imine (C=N–C) groups is 1. The highest BCUT2D eigenvalue weighted by molar-refractivity contribution is 7.14. The molecule has 0 bridgehead atoms. The quantitative estimate of drug-likeness (QED) is 0.586. The molecule has 1 saturated heterocycles. The number of nitrogens with zero attached hydrogens (tertiary/aromatic N) is 2. The second kappa shape index (κ2) is 8.34. The van der Waals surface area contributed by atoms with Crippen LogP contribution >= 0.6 is 11.3 Å². The molecule has 0 spiro atoms. The molecule has 4 nitrogen and oxygen atoms in total. The molecule has 27 heavy (non-hydrogen) atoms. The van der Waals surface area contributed by atoms with Gasteiger partial charge in [0.2, 0.25) is 0 Å². The van der Waals surface area contributed by atoms with Crippen LogP contribution < -0.4 is 15.5 Å². The van der Waals surface area contributed by atoms with E-state index < -0.39 is 0 Å². The Balaban J connectivity index is 1.34. The van der Waals surface area contributed by atoms with Crippen LogP contribution in [-0.2, 0) is 5.41 Å². The predicted molar refractivity (Wildman–Crippen MR) is 116 cm³/mol. The van der Waals surface area contributed by atoms with Crippen molar-refractivity contribution in [2.45, 2.75) is 44.1 Å². The number of piperidine rings is 1. The van der Waals surface area contributed by atoms with Gasteiger partial charge < -0.3 is 15.5 Å². The van der Waals surface area contributed by atoms with Crippen molar-refractivity contribution in [3.05, 3.63) is 53.4 Å². The Labute approximate surface area is 166 Å². The Hall–Kier alpha value is -2.01. The molecule has 0 atom stereocenters. The fraction of sp³-hybridized carbons (Fsp3) is 0.500.